The summed E-state index contributed by atoms with van der Waals surface area (Å²) in [5.74, 6) is -8.89. The van der Waals surface area contributed by atoms with Crippen molar-refractivity contribution in [3.8, 4) is 5.75 Å². The van der Waals surface area contributed by atoms with Gasteiger partial charge in [0.15, 0.2) is 0 Å². The van der Waals surface area contributed by atoms with Gasteiger partial charge in [0.05, 0.1) is 78.1 Å². The van der Waals surface area contributed by atoms with Crippen LogP contribution in [0.25, 0.3) is 0 Å². The third kappa shape index (κ3) is 12.9. The van der Waals surface area contributed by atoms with Crippen molar-refractivity contribution in [1.29, 1.82) is 0 Å². The Bertz CT molecular complexity index is 862. The molecule has 0 atom stereocenters. The highest BCUT2D eigenvalue weighted by atomic mass is 19.2. The van der Waals surface area contributed by atoms with Gasteiger partial charge in [-0.1, -0.05) is 0 Å². The van der Waals surface area contributed by atoms with Crippen molar-refractivity contribution >= 4 is 17.9 Å². The number of hydrazone groups is 1. The quantitative estimate of drug-likeness (QED) is 0.0306. The first-order chi connectivity index (χ1) is 17.8. The molecule has 0 aliphatic carbocycles. The Hall–Kier alpha value is -2.72. The fourth-order valence-electron chi connectivity index (χ4n) is 2.41. The molecule has 37 heavy (non-hydrogen) atoms. The third-order valence-corrected chi connectivity index (χ3v) is 4.29. The van der Waals surface area contributed by atoms with Crippen LogP contribution in [0.15, 0.2) is 10.1 Å². The standard InChI is InChI=1S/C22H30F5N3O7/c1-32-5-2-15(30-28)14-29-4-7-34-9-11-36-13-12-35-10-8-33-6-3-16(31)37-22-20(26)18(24)17(23)19(25)21(22)27/h14H,2-13,28H2,1H3/b29-14?,30-15-. The van der Waals surface area contributed by atoms with Crippen molar-refractivity contribution in [2.75, 3.05) is 73.1 Å². The summed E-state index contributed by atoms with van der Waals surface area (Å²) in [5, 5.41) is 3.60. The first-order valence-corrected chi connectivity index (χ1v) is 11.1. The molecule has 1 aromatic carbocycles. The molecule has 1 rings (SSSR count). The van der Waals surface area contributed by atoms with Crippen LogP contribution in [-0.2, 0) is 28.5 Å². The second kappa shape index (κ2) is 19.4. The van der Waals surface area contributed by atoms with Gasteiger partial charge in [0.1, 0.15) is 0 Å². The lowest BCUT2D eigenvalue weighted by Gasteiger charge is -2.09. The van der Waals surface area contributed by atoms with Crippen LogP contribution in [-0.4, -0.2) is 91.0 Å². The highest BCUT2D eigenvalue weighted by Gasteiger charge is 2.28. The normalized spacial score (nSPS) is 12.0. The summed E-state index contributed by atoms with van der Waals surface area (Å²) in [7, 11) is 1.58. The number of carbonyl (C=O) groups is 1. The molecule has 0 saturated heterocycles. The highest BCUT2D eigenvalue weighted by Crippen LogP contribution is 2.29. The van der Waals surface area contributed by atoms with Gasteiger partial charge in [0.2, 0.25) is 34.8 Å². The average molecular weight is 543 g/mol. The van der Waals surface area contributed by atoms with E-state index >= 15 is 0 Å². The monoisotopic (exact) mass is 543 g/mol. The van der Waals surface area contributed by atoms with Crippen molar-refractivity contribution in [3.05, 3.63) is 29.1 Å². The summed E-state index contributed by atoms with van der Waals surface area (Å²) in [4.78, 5) is 15.7. The van der Waals surface area contributed by atoms with Gasteiger partial charge in [-0.05, 0) is 0 Å². The molecule has 0 amide bonds. The lowest BCUT2D eigenvalue weighted by Crippen LogP contribution is -2.16. The summed E-state index contributed by atoms with van der Waals surface area (Å²) in [6, 6.07) is 0. The minimum Gasteiger partial charge on any atom is -0.420 e. The van der Waals surface area contributed by atoms with Crippen molar-refractivity contribution in [2.24, 2.45) is 15.9 Å². The average Bonchev–Trinajstić information content (AvgIpc) is 2.90. The molecular formula is C22H30F5N3O7. The smallest absolute Gasteiger partial charge is 0.313 e. The Balaban J connectivity index is 1.99. The number of benzene rings is 1. The van der Waals surface area contributed by atoms with E-state index in [-0.39, 0.29) is 26.4 Å². The van der Waals surface area contributed by atoms with Gasteiger partial charge >= 0.3 is 5.97 Å². The van der Waals surface area contributed by atoms with E-state index < -0.39 is 47.2 Å². The zero-order chi connectivity index (χ0) is 27.5. The van der Waals surface area contributed by atoms with E-state index in [9.17, 15) is 26.7 Å². The summed E-state index contributed by atoms with van der Waals surface area (Å²) < 4.78 is 96.3. The first-order valence-electron chi connectivity index (χ1n) is 11.1. The fraction of sp³-hybridized carbons (Fsp3) is 0.591. The molecule has 0 heterocycles. The Kier molecular flexibility index (Phi) is 16.9. The van der Waals surface area contributed by atoms with Crippen LogP contribution in [0.1, 0.15) is 12.8 Å². The van der Waals surface area contributed by atoms with E-state index in [1.807, 2.05) is 0 Å². The largest absolute Gasteiger partial charge is 0.420 e. The minimum atomic E-state index is -2.35. The second-order valence-corrected chi connectivity index (χ2v) is 6.97. The molecule has 0 aromatic heterocycles. The number of rotatable bonds is 20. The second-order valence-electron chi connectivity index (χ2n) is 6.97. The van der Waals surface area contributed by atoms with Gasteiger partial charge in [0.25, 0.3) is 0 Å². The van der Waals surface area contributed by atoms with Crippen molar-refractivity contribution in [1.82, 2.24) is 0 Å². The number of carbonyl (C=O) groups excluding carboxylic acids is 1. The number of aliphatic imine (C=N–C) groups is 1. The maximum atomic E-state index is 13.5. The number of esters is 1. The molecule has 1 aromatic rings. The van der Waals surface area contributed by atoms with Gasteiger partial charge in [-0.3, -0.25) is 9.79 Å². The highest BCUT2D eigenvalue weighted by molar-refractivity contribution is 6.30. The van der Waals surface area contributed by atoms with Gasteiger partial charge in [-0.2, -0.15) is 13.9 Å². The number of hydrogen-bond donors (Lipinski definition) is 1. The maximum absolute atomic E-state index is 13.5. The Morgan fingerprint density at radius 1 is 0.730 bits per heavy atom. The number of methoxy groups -OCH3 is 1. The summed E-state index contributed by atoms with van der Waals surface area (Å²) >= 11 is 0. The molecular weight excluding hydrogens is 513 g/mol. The van der Waals surface area contributed by atoms with Crippen molar-refractivity contribution < 1.29 is 55.2 Å². The van der Waals surface area contributed by atoms with Crippen molar-refractivity contribution in [3.63, 3.8) is 0 Å². The lowest BCUT2D eigenvalue weighted by atomic mass is 10.2. The summed E-state index contributed by atoms with van der Waals surface area (Å²) in [6.45, 7) is 2.72. The zero-order valence-corrected chi connectivity index (χ0v) is 20.3. The topological polar surface area (TPSA) is 123 Å². The fourth-order valence-corrected chi connectivity index (χ4v) is 2.41. The van der Waals surface area contributed by atoms with Crippen LogP contribution in [0.2, 0.25) is 0 Å². The molecule has 0 spiro atoms. The van der Waals surface area contributed by atoms with E-state index in [2.05, 4.69) is 14.8 Å². The molecule has 0 unspecified atom stereocenters. The van der Waals surface area contributed by atoms with E-state index in [0.29, 0.717) is 51.7 Å². The molecule has 2 N–H and O–H groups in total. The number of ether oxygens (including phenoxy) is 6. The van der Waals surface area contributed by atoms with Crippen LogP contribution in [0, 0.1) is 29.1 Å². The number of nitrogens with zero attached hydrogens (tertiary/aromatic N) is 2. The molecule has 10 nitrogen and oxygen atoms in total. The van der Waals surface area contributed by atoms with Crippen LogP contribution >= 0.6 is 0 Å². The van der Waals surface area contributed by atoms with E-state index in [1.54, 1.807) is 13.3 Å². The van der Waals surface area contributed by atoms with E-state index in [1.165, 1.54) is 0 Å². The molecule has 0 fully saturated rings. The molecule has 0 aliphatic rings. The SMILES string of the molecule is COCC/C(C=NCCOCCOCCOCCOCCC(=O)Oc1c(F)c(F)c(F)c(F)c1F)=N/N. The molecule has 0 aliphatic heterocycles. The first kappa shape index (κ1) is 32.3. The van der Waals surface area contributed by atoms with Crippen molar-refractivity contribution in [2.45, 2.75) is 12.8 Å². The summed E-state index contributed by atoms with van der Waals surface area (Å²) in [6.07, 6.45) is 1.67. The van der Waals surface area contributed by atoms with Crippen LogP contribution in [0.4, 0.5) is 22.0 Å². The van der Waals surface area contributed by atoms with E-state index in [4.69, 9.17) is 29.5 Å². The number of nitrogens with two attached hydrogens (primary N) is 1. The predicted octanol–water partition coefficient (Wildman–Crippen LogP) is 2.17. The Labute approximate surface area is 210 Å². The Morgan fingerprint density at radius 3 is 1.73 bits per heavy atom. The van der Waals surface area contributed by atoms with Gasteiger partial charge < -0.3 is 34.3 Å². The molecule has 15 heteroatoms. The van der Waals surface area contributed by atoms with Crippen LogP contribution < -0.4 is 10.6 Å². The van der Waals surface area contributed by atoms with Crippen LogP contribution in [0.3, 0.4) is 0 Å². The molecule has 0 bridgehead atoms. The number of hydrogen-bond acceptors (Lipinski definition) is 10. The predicted molar refractivity (Wildman–Crippen MR) is 121 cm³/mol. The molecule has 0 radical (unpaired) electrons. The minimum absolute atomic E-state index is 0.0848. The Morgan fingerprint density at radius 2 is 1.22 bits per heavy atom. The summed E-state index contributed by atoms with van der Waals surface area (Å²) in [5.41, 5.74) is 0.629. The van der Waals surface area contributed by atoms with Crippen LogP contribution in [0.5, 0.6) is 5.75 Å². The number of halogens is 5. The molecule has 0 saturated carbocycles. The van der Waals surface area contributed by atoms with Gasteiger partial charge in [-0.25, -0.2) is 13.2 Å². The maximum Gasteiger partial charge on any atom is 0.313 e. The van der Waals surface area contributed by atoms with Gasteiger partial charge in [0, 0.05) is 19.7 Å². The van der Waals surface area contributed by atoms with E-state index in [0.717, 1.165) is 0 Å². The lowest BCUT2D eigenvalue weighted by molar-refractivity contribution is -0.136. The zero-order valence-electron chi connectivity index (χ0n) is 20.3. The third-order valence-electron chi connectivity index (χ3n) is 4.29. The van der Waals surface area contributed by atoms with Gasteiger partial charge in [-0.15, -0.1) is 0 Å². The molecule has 210 valence electrons.